The minimum atomic E-state index is -0.0589. The van der Waals surface area contributed by atoms with E-state index in [1.807, 2.05) is 26.0 Å². The van der Waals surface area contributed by atoms with Gasteiger partial charge in [-0.3, -0.25) is 4.79 Å². The van der Waals surface area contributed by atoms with Crippen LogP contribution < -0.4 is 5.73 Å². The zero-order chi connectivity index (χ0) is 14.2. The van der Waals surface area contributed by atoms with Crippen molar-refractivity contribution >= 4 is 39.0 Å². The highest BCUT2D eigenvalue weighted by Crippen LogP contribution is 2.26. The van der Waals surface area contributed by atoms with Crippen LogP contribution in [0.3, 0.4) is 0 Å². The second kappa shape index (κ2) is 5.35. The molecule has 0 atom stereocenters. The van der Waals surface area contributed by atoms with Gasteiger partial charge in [-0.25, -0.2) is 0 Å². The molecule has 2 aromatic rings. The summed E-state index contributed by atoms with van der Waals surface area (Å²) in [5.74, 6) is -0.0589. The number of hydrogen-bond donors (Lipinski definition) is 1. The number of carbonyl (C=O) groups excluding carboxylic acids is 1. The topological polar surface area (TPSA) is 43.1 Å². The number of nitrogens with two attached hydrogens (primary N) is 1. The minimum absolute atomic E-state index is 0.0589. The molecule has 0 radical (unpaired) electrons. The highest BCUT2D eigenvalue weighted by Gasteiger charge is 2.16. The van der Waals surface area contributed by atoms with Gasteiger partial charge in [0.15, 0.2) is 5.78 Å². The number of anilines is 1. The van der Waals surface area contributed by atoms with Crippen molar-refractivity contribution in [1.29, 1.82) is 0 Å². The molecule has 0 aromatic heterocycles. The SMILES string of the molecule is Cc1cc(C(=O)c2cc(N)ccc2Br)c(C)cc1Cl. The number of carbonyl (C=O) groups is 1. The lowest BCUT2D eigenvalue weighted by Crippen LogP contribution is -2.06. The minimum Gasteiger partial charge on any atom is -0.399 e. The predicted octanol–water partition coefficient (Wildman–Crippen LogP) is 4.53. The van der Waals surface area contributed by atoms with Gasteiger partial charge in [0.2, 0.25) is 0 Å². The lowest BCUT2D eigenvalue weighted by Gasteiger charge is -2.10. The number of nitrogen functional groups attached to an aromatic ring is 1. The summed E-state index contributed by atoms with van der Waals surface area (Å²) in [4.78, 5) is 12.6. The second-order valence-corrected chi connectivity index (χ2v) is 5.75. The van der Waals surface area contributed by atoms with Gasteiger partial charge in [0, 0.05) is 26.3 Å². The molecule has 2 rings (SSSR count). The molecule has 0 bridgehead atoms. The van der Waals surface area contributed by atoms with Gasteiger partial charge in [0.25, 0.3) is 0 Å². The van der Waals surface area contributed by atoms with Gasteiger partial charge < -0.3 is 5.73 Å². The Morgan fingerprint density at radius 3 is 2.47 bits per heavy atom. The van der Waals surface area contributed by atoms with Crippen LogP contribution in [0.4, 0.5) is 5.69 Å². The number of hydrogen-bond acceptors (Lipinski definition) is 2. The molecule has 0 amide bonds. The summed E-state index contributed by atoms with van der Waals surface area (Å²) in [6.45, 7) is 3.76. The molecule has 0 unspecified atom stereocenters. The van der Waals surface area contributed by atoms with Crippen LogP contribution in [0.15, 0.2) is 34.8 Å². The third-order valence-corrected chi connectivity index (χ3v) is 4.08. The zero-order valence-corrected chi connectivity index (χ0v) is 13.0. The predicted molar refractivity (Wildman–Crippen MR) is 82.9 cm³/mol. The third kappa shape index (κ3) is 2.82. The van der Waals surface area contributed by atoms with E-state index >= 15 is 0 Å². The van der Waals surface area contributed by atoms with Crippen LogP contribution in [-0.2, 0) is 0 Å². The maximum absolute atomic E-state index is 12.6. The smallest absolute Gasteiger partial charge is 0.194 e. The molecule has 0 fully saturated rings. The van der Waals surface area contributed by atoms with Crippen molar-refractivity contribution in [2.24, 2.45) is 0 Å². The van der Waals surface area contributed by atoms with E-state index in [-0.39, 0.29) is 5.78 Å². The molecule has 0 aliphatic carbocycles. The molecule has 2 nitrogen and oxygen atoms in total. The van der Waals surface area contributed by atoms with Crippen molar-refractivity contribution in [1.82, 2.24) is 0 Å². The molecule has 0 saturated heterocycles. The summed E-state index contributed by atoms with van der Waals surface area (Å²) in [6, 6.07) is 8.83. The van der Waals surface area contributed by atoms with Gasteiger partial charge in [-0.05, 0) is 55.3 Å². The monoisotopic (exact) mass is 337 g/mol. The molecule has 0 saturated carbocycles. The van der Waals surface area contributed by atoms with E-state index in [0.29, 0.717) is 21.8 Å². The molecule has 2 aromatic carbocycles. The number of rotatable bonds is 2. The fourth-order valence-corrected chi connectivity index (χ4v) is 2.53. The summed E-state index contributed by atoms with van der Waals surface area (Å²) in [6.07, 6.45) is 0. The van der Waals surface area contributed by atoms with E-state index in [2.05, 4.69) is 15.9 Å². The Morgan fingerprint density at radius 2 is 1.79 bits per heavy atom. The first-order valence-corrected chi connectivity index (χ1v) is 6.93. The summed E-state index contributed by atoms with van der Waals surface area (Å²) >= 11 is 9.44. The molecule has 2 N–H and O–H groups in total. The van der Waals surface area contributed by atoms with Crippen molar-refractivity contribution in [3.63, 3.8) is 0 Å². The molecule has 19 heavy (non-hydrogen) atoms. The van der Waals surface area contributed by atoms with Crippen molar-refractivity contribution in [2.45, 2.75) is 13.8 Å². The van der Waals surface area contributed by atoms with Gasteiger partial charge in [-0.2, -0.15) is 0 Å². The van der Waals surface area contributed by atoms with Gasteiger partial charge in [0.1, 0.15) is 0 Å². The number of benzene rings is 2. The van der Waals surface area contributed by atoms with Crippen molar-refractivity contribution in [3.05, 3.63) is 62.1 Å². The normalized spacial score (nSPS) is 10.5. The van der Waals surface area contributed by atoms with Crippen LogP contribution in [0.2, 0.25) is 5.02 Å². The molecule has 0 spiro atoms. The van der Waals surface area contributed by atoms with Crippen LogP contribution in [0.25, 0.3) is 0 Å². The van der Waals surface area contributed by atoms with Gasteiger partial charge >= 0.3 is 0 Å². The first kappa shape index (κ1) is 14.1. The Balaban J connectivity index is 2.56. The summed E-state index contributed by atoms with van der Waals surface area (Å²) in [7, 11) is 0. The lowest BCUT2D eigenvalue weighted by molar-refractivity contribution is 0.103. The molecule has 0 aliphatic rings. The maximum Gasteiger partial charge on any atom is 0.194 e. The standard InChI is InChI=1S/C15H13BrClNO/c1-8-6-14(17)9(2)5-11(8)15(19)12-7-10(18)3-4-13(12)16/h3-7H,18H2,1-2H3. The summed E-state index contributed by atoms with van der Waals surface area (Å²) in [5.41, 5.74) is 9.25. The van der Waals surface area contributed by atoms with Crippen LogP contribution in [-0.4, -0.2) is 5.78 Å². The Hall–Kier alpha value is -1.32. The van der Waals surface area contributed by atoms with E-state index in [1.54, 1.807) is 18.2 Å². The largest absolute Gasteiger partial charge is 0.399 e. The van der Waals surface area contributed by atoms with E-state index in [1.165, 1.54) is 0 Å². The fourth-order valence-electron chi connectivity index (χ4n) is 1.89. The molecular weight excluding hydrogens is 326 g/mol. The number of ketones is 1. The Labute approximate surface area is 125 Å². The van der Waals surface area contributed by atoms with Crippen LogP contribution in [0, 0.1) is 13.8 Å². The third-order valence-electron chi connectivity index (χ3n) is 2.99. The quantitative estimate of drug-likeness (QED) is 0.645. The maximum atomic E-state index is 12.6. The molecule has 4 heteroatoms. The highest BCUT2D eigenvalue weighted by molar-refractivity contribution is 9.10. The number of halogens is 2. The summed E-state index contributed by atoms with van der Waals surface area (Å²) in [5, 5.41) is 0.667. The van der Waals surface area contributed by atoms with E-state index < -0.39 is 0 Å². The lowest BCUT2D eigenvalue weighted by atomic mass is 9.97. The van der Waals surface area contributed by atoms with Gasteiger partial charge in [-0.15, -0.1) is 0 Å². The molecule has 98 valence electrons. The van der Waals surface area contributed by atoms with Crippen molar-refractivity contribution < 1.29 is 4.79 Å². The van der Waals surface area contributed by atoms with Crippen molar-refractivity contribution in [2.75, 3.05) is 5.73 Å². The highest BCUT2D eigenvalue weighted by atomic mass is 79.9. The average Bonchev–Trinajstić information content (AvgIpc) is 2.36. The van der Waals surface area contributed by atoms with Crippen molar-refractivity contribution in [3.8, 4) is 0 Å². The van der Waals surface area contributed by atoms with E-state index in [4.69, 9.17) is 17.3 Å². The average molecular weight is 339 g/mol. The Kier molecular flexibility index (Phi) is 3.97. The fraction of sp³-hybridized carbons (Fsp3) is 0.133. The zero-order valence-electron chi connectivity index (χ0n) is 10.6. The van der Waals surface area contributed by atoms with Crippen LogP contribution >= 0.6 is 27.5 Å². The molecule has 0 aliphatic heterocycles. The molecule has 0 heterocycles. The van der Waals surface area contributed by atoms with E-state index in [0.717, 1.165) is 15.6 Å². The second-order valence-electron chi connectivity index (χ2n) is 4.48. The van der Waals surface area contributed by atoms with Gasteiger partial charge in [0.05, 0.1) is 0 Å². The van der Waals surface area contributed by atoms with E-state index in [9.17, 15) is 4.79 Å². The van der Waals surface area contributed by atoms with Crippen LogP contribution in [0.5, 0.6) is 0 Å². The first-order valence-electron chi connectivity index (χ1n) is 5.76. The Bertz CT molecular complexity index is 667. The Morgan fingerprint density at radius 1 is 1.11 bits per heavy atom. The molecular formula is C15H13BrClNO. The van der Waals surface area contributed by atoms with Gasteiger partial charge in [-0.1, -0.05) is 27.5 Å². The first-order chi connectivity index (χ1) is 8.90. The van der Waals surface area contributed by atoms with Crippen LogP contribution in [0.1, 0.15) is 27.0 Å². The summed E-state index contributed by atoms with van der Waals surface area (Å²) < 4.78 is 0.735. The number of aryl methyl sites for hydroxylation is 2.